The van der Waals surface area contributed by atoms with E-state index in [9.17, 15) is 19.6 Å². The number of halogens is 2. The molecule has 19 heteroatoms. The molecular formula is C45H51F2N11O5S. The number of nitrogens with zero attached hydrogens (tertiary/aromatic N) is 9. The van der Waals surface area contributed by atoms with Crippen molar-refractivity contribution < 1.29 is 27.8 Å². The molecule has 1 aliphatic carbocycles. The summed E-state index contributed by atoms with van der Waals surface area (Å²) in [6, 6.07) is 12.5. The number of anilines is 3. The highest BCUT2D eigenvalue weighted by Gasteiger charge is 2.55. The predicted molar refractivity (Wildman–Crippen MR) is 240 cm³/mol. The van der Waals surface area contributed by atoms with Crippen molar-refractivity contribution in [1.29, 1.82) is 5.26 Å². The second-order valence-corrected chi connectivity index (χ2v) is 18.6. The van der Waals surface area contributed by atoms with Gasteiger partial charge in [0, 0.05) is 75.3 Å². The van der Waals surface area contributed by atoms with Crippen molar-refractivity contribution in [2.75, 3.05) is 67.4 Å². The second kappa shape index (κ2) is 17.3. The number of hydrogen-bond donors (Lipinski definition) is 2. The molecule has 3 saturated heterocycles. The molecule has 9 rings (SSSR count). The van der Waals surface area contributed by atoms with Gasteiger partial charge in [0.25, 0.3) is 5.56 Å². The van der Waals surface area contributed by atoms with Crippen LogP contribution < -0.4 is 30.1 Å². The third-order valence-electron chi connectivity index (χ3n) is 13.4. The van der Waals surface area contributed by atoms with Crippen molar-refractivity contribution in [2.24, 2.45) is 12.5 Å². The quantitative estimate of drug-likeness (QED) is 0.0949. The molecule has 5 heterocycles. The van der Waals surface area contributed by atoms with Crippen molar-refractivity contribution in [2.45, 2.75) is 70.1 Å². The topological polar surface area (TPSA) is 166 Å². The summed E-state index contributed by atoms with van der Waals surface area (Å²) in [5, 5.41) is 17.5. The number of aryl methyl sites for hydroxylation is 1. The molecule has 2 spiro atoms. The molecule has 1 atom stereocenters. The fourth-order valence-electron chi connectivity index (χ4n) is 9.99. The van der Waals surface area contributed by atoms with Gasteiger partial charge >= 0.3 is 6.03 Å². The maximum Gasteiger partial charge on any atom is 0.329 e. The van der Waals surface area contributed by atoms with Crippen molar-refractivity contribution in [3.05, 3.63) is 76.3 Å². The average molecular weight is 896 g/mol. The smallest absolute Gasteiger partial charge is 0.329 e. The number of amides is 3. The number of fused-ring (bicyclic) bond motifs is 2. The Morgan fingerprint density at radius 1 is 1.08 bits per heavy atom. The van der Waals surface area contributed by atoms with Crippen molar-refractivity contribution >= 4 is 63.6 Å². The van der Waals surface area contributed by atoms with Gasteiger partial charge in [-0.05, 0) is 88.0 Å². The maximum absolute atomic E-state index is 15.7. The SMILES string of the molecule is CCCN(C(=O)NC=O)c1nn(C)c2cc(N3CC4(C3)CN(C3CCC5(CC3)CC(n3cnc6ccc(Oc7c(F)ccc(NSN(C)CC)c7C#N)cc6c3=O)CO5)C4)c(F)cc12. The predicted octanol–water partition coefficient (Wildman–Crippen LogP) is 6.70. The number of nitrogens with one attached hydrogen (secondary N) is 2. The molecule has 0 radical (unpaired) electrons. The number of likely N-dealkylation sites (tertiary alicyclic amines) is 1. The lowest BCUT2D eigenvalue weighted by Crippen LogP contribution is -2.74. The number of aromatic nitrogens is 4. The number of hydrogen-bond acceptors (Lipinski definition) is 13. The lowest BCUT2D eigenvalue weighted by Gasteiger charge is -2.63. The molecule has 3 amide bonds. The number of urea groups is 1. The van der Waals surface area contributed by atoms with Gasteiger partial charge in [0.1, 0.15) is 23.2 Å². The first-order valence-corrected chi connectivity index (χ1v) is 22.5. The van der Waals surface area contributed by atoms with Crippen LogP contribution in [0.15, 0.2) is 53.6 Å². The van der Waals surface area contributed by atoms with E-state index in [-0.39, 0.29) is 45.5 Å². The zero-order valence-electron chi connectivity index (χ0n) is 36.3. The van der Waals surface area contributed by atoms with Gasteiger partial charge in [-0.3, -0.25) is 34.0 Å². The summed E-state index contributed by atoms with van der Waals surface area (Å²) in [6.07, 6.45) is 6.97. The van der Waals surface area contributed by atoms with Gasteiger partial charge in [0.15, 0.2) is 17.4 Å². The number of carbonyl (C=O) groups is 2. The molecule has 5 aromatic rings. The van der Waals surface area contributed by atoms with E-state index in [4.69, 9.17) is 9.47 Å². The highest BCUT2D eigenvalue weighted by atomic mass is 32.2. The van der Waals surface area contributed by atoms with Gasteiger partial charge in [-0.25, -0.2) is 22.9 Å². The second-order valence-electron chi connectivity index (χ2n) is 17.6. The number of rotatable bonds is 13. The lowest BCUT2D eigenvalue weighted by molar-refractivity contribution is -0.108. The number of nitriles is 1. The van der Waals surface area contributed by atoms with Crippen molar-refractivity contribution in [1.82, 2.24) is 33.9 Å². The van der Waals surface area contributed by atoms with Crippen LogP contribution in [0.2, 0.25) is 0 Å². The minimum absolute atomic E-state index is 0.0116. The van der Waals surface area contributed by atoms with Crippen LogP contribution in [0.3, 0.4) is 0 Å². The highest BCUT2D eigenvalue weighted by Crippen LogP contribution is 2.49. The summed E-state index contributed by atoms with van der Waals surface area (Å²) in [5.41, 5.74) is 1.66. The van der Waals surface area contributed by atoms with Gasteiger partial charge in [0.2, 0.25) is 6.41 Å². The first-order chi connectivity index (χ1) is 30.9. The van der Waals surface area contributed by atoms with Crippen molar-refractivity contribution in [3.8, 4) is 17.6 Å². The Morgan fingerprint density at radius 2 is 1.86 bits per heavy atom. The number of imide groups is 1. The fourth-order valence-corrected chi connectivity index (χ4v) is 10.5. The Kier molecular flexibility index (Phi) is 11.7. The first kappa shape index (κ1) is 43.4. The van der Waals surface area contributed by atoms with Crippen LogP contribution >= 0.6 is 12.1 Å². The summed E-state index contributed by atoms with van der Waals surface area (Å²) in [6.45, 7) is 8.78. The van der Waals surface area contributed by atoms with E-state index in [1.807, 2.05) is 25.2 Å². The Morgan fingerprint density at radius 3 is 2.58 bits per heavy atom. The van der Waals surface area contributed by atoms with E-state index in [2.05, 4.69) is 36.0 Å². The van der Waals surface area contributed by atoms with E-state index >= 15 is 8.78 Å². The van der Waals surface area contributed by atoms with E-state index < -0.39 is 11.8 Å². The Bertz CT molecular complexity index is 2720. The van der Waals surface area contributed by atoms with Gasteiger partial charge in [-0.15, -0.1) is 0 Å². The van der Waals surface area contributed by atoms with Crippen molar-refractivity contribution in [3.63, 3.8) is 0 Å². The monoisotopic (exact) mass is 895 g/mol. The molecule has 4 aliphatic rings. The summed E-state index contributed by atoms with van der Waals surface area (Å²) < 4.78 is 51.6. The van der Waals surface area contributed by atoms with Gasteiger partial charge in [-0.2, -0.15) is 10.4 Å². The minimum atomic E-state index is -0.698. The molecule has 1 unspecified atom stereocenters. The number of ether oxygens (including phenoxy) is 2. The molecule has 64 heavy (non-hydrogen) atoms. The Balaban J connectivity index is 0.807. The lowest BCUT2D eigenvalue weighted by atomic mass is 9.70. The molecule has 1 saturated carbocycles. The third kappa shape index (κ3) is 7.90. The maximum atomic E-state index is 15.7. The Hall–Kier alpha value is -5.81. The Labute approximate surface area is 373 Å². The first-order valence-electron chi connectivity index (χ1n) is 21.7. The average Bonchev–Trinajstić information content (AvgIpc) is 3.81. The normalized spacial score (nSPS) is 21.6. The molecule has 0 bridgehead atoms. The molecule has 4 fully saturated rings. The fraction of sp³-hybridized carbons (Fsp3) is 0.467. The van der Waals surface area contributed by atoms with E-state index in [1.165, 1.54) is 35.2 Å². The van der Waals surface area contributed by atoms with Crippen LogP contribution in [0.1, 0.15) is 64.0 Å². The summed E-state index contributed by atoms with van der Waals surface area (Å²) in [7, 11) is 3.65. The molecule has 16 nitrogen and oxygen atoms in total. The zero-order chi connectivity index (χ0) is 44.9. The molecular weight excluding hydrogens is 845 g/mol. The molecule has 2 N–H and O–H groups in total. The highest BCUT2D eigenvalue weighted by molar-refractivity contribution is 7.98. The van der Waals surface area contributed by atoms with Crippen LogP contribution in [0.25, 0.3) is 21.8 Å². The zero-order valence-corrected chi connectivity index (χ0v) is 37.1. The third-order valence-corrected chi connectivity index (χ3v) is 14.3. The van der Waals surface area contributed by atoms with E-state index in [1.54, 1.807) is 46.9 Å². The molecule has 336 valence electrons. The largest absolute Gasteiger partial charge is 0.453 e. The minimum Gasteiger partial charge on any atom is -0.453 e. The van der Waals surface area contributed by atoms with Crippen LogP contribution in [0, 0.1) is 28.4 Å². The number of benzene rings is 3. The van der Waals surface area contributed by atoms with Gasteiger partial charge in [0.05, 0.1) is 52.4 Å². The van der Waals surface area contributed by atoms with Gasteiger partial charge < -0.3 is 19.1 Å². The van der Waals surface area contributed by atoms with Gasteiger partial charge in [-0.1, -0.05) is 13.8 Å². The molecule has 2 aromatic heterocycles. The molecule has 3 aromatic carbocycles. The van der Waals surface area contributed by atoms with Crippen LogP contribution in [-0.2, 0) is 16.6 Å². The number of carbonyl (C=O) groups excluding carboxylic acids is 2. The molecule has 3 aliphatic heterocycles. The van der Waals surface area contributed by atoms with Crippen LogP contribution in [0.4, 0.5) is 30.8 Å². The standard InChI is InChI=1S/C45H51F2N11O5S/c1-5-15-57(43(61)50-27-59)41-32-17-35(47)39(18-38(32)54(4)51-41)56-24-44(25-56)22-55(23-44)28-11-13-45(14-12-28)19-29(21-62-45)58-26-49-36-9-7-30(16-31(36)42(58)60)63-40-33(20-48)37(10-8-34(40)46)52-64-53(3)6-2/h7-10,16-18,26-29,52H,5-6,11-15,19,21-25H2,1-4H3,(H,50,59,61). The van der Waals surface area contributed by atoms with E-state index in [0.717, 1.165) is 58.4 Å². The van der Waals surface area contributed by atoms with Crippen LogP contribution in [0.5, 0.6) is 11.5 Å². The van der Waals surface area contributed by atoms with E-state index in [0.29, 0.717) is 77.4 Å². The summed E-state index contributed by atoms with van der Waals surface area (Å²) in [5.74, 6) is -0.781. The summed E-state index contributed by atoms with van der Waals surface area (Å²) >= 11 is 1.28. The summed E-state index contributed by atoms with van der Waals surface area (Å²) in [4.78, 5) is 48.2. The van der Waals surface area contributed by atoms with Crippen LogP contribution in [-0.4, -0.2) is 106 Å².